The Balaban J connectivity index is 2.44. The van der Waals surface area contributed by atoms with E-state index >= 15 is 0 Å². The molecule has 0 atom stereocenters. The van der Waals surface area contributed by atoms with Crippen LogP contribution in [0.4, 0.5) is 4.39 Å². The van der Waals surface area contributed by atoms with E-state index in [2.05, 4.69) is 4.98 Å². The van der Waals surface area contributed by atoms with E-state index < -0.39 is 5.82 Å². The van der Waals surface area contributed by atoms with Crippen LogP contribution in [0, 0.1) is 5.82 Å². The van der Waals surface area contributed by atoms with Gasteiger partial charge in [0.1, 0.15) is 11.6 Å². The topological polar surface area (TPSA) is 70.1 Å². The quantitative estimate of drug-likeness (QED) is 0.930. The van der Waals surface area contributed by atoms with E-state index in [9.17, 15) is 9.18 Å². The summed E-state index contributed by atoms with van der Waals surface area (Å²) in [4.78, 5) is 16.1. The minimum atomic E-state index is -0.467. The van der Waals surface area contributed by atoms with Gasteiger partial charge in [0.15, 0.2) is 0 Å². The first kappa shape index (κ1) is 14.2. The van der Waals surface area contributed by atoms with Gasteiger partial charge >= 0.3 is 5.56 Å². The molecular formula is C14H16FN3O2. The van der Waals surface area contributed by atoms with E-state index in [1.54, 1.807) is 12.3 Å². The lowest BCUT2D eigenvalue weighted by Gasteiger charge is -2.12. The van der Waals surface area contributed by atoms with E-state index in [1.807, 2.05) is 13.8 Å². The van der Waals surface area contributed by atoms with Crippen LogP contribution in [0.3, 0.4) is 0 Å². The Kier molecular flexibility index (Phi) is 4.14. The number of nitrogens with zero attached hydrogens (tertiary/aromatic N) is 2. The fourth-order valence-corrected chi connectivity index (χ4v) is 1.82. The number of hydrogen-bond acceptors (Lipinski definition) is 4. The van der Waals surface area contributed by atoms with Crippen molar-refractivity contribution in [3.05, 3.63) is 52.3 Å². The van der Waals surface area contributed by atoms with Gasteiger partial charge in [-0.3, -0.25) is 4.79 Å². The molecule has 0 saturated carbocycles. The van der Waals surface area contributed by atoms with Crippen LogP contribution in [0.5, 0.6) is 11.6 Å². The fraction of sp³-hybridized carbons (Fsp3) is 0.286. The Labute approximate surface area is 115 Å². The molecule has 0 radical (unpaired) electrons. The minimum Gasteiger partial charge on any atom is -0.434 e. The molecule has 2 N–H and O–H groups in total. The zero-order valence-corrected chi connectivity index (χ0v) is 11.3. The van der Waals surface area contributed by atoms with Gasteiger partial charge in [-0.25, -0.2) is 9.37 Å². The van der Waals surface area contributed by atoms with Gasteiger partial charge < -0.3 is 15.0 Å². The lowest BCUT2D eigenvalue weighted by Crippen LogP contribution is -2.23. The second kappa shape index (κ2) is 5.83. The molecule has 0 amide bonds. The monoisotopic (exact) mass is 277 g/mol. The molecule has 0 fully saturated rings. The zero-order valence-electron chi connectivity index (χ0n) is 11.3. The Morgan fingerprint density at radius 2 is 2.20 bits per heavy atom. The van der Waals surface area contributed by atoms with Crippen molar-refractivity contribution in [2.75, 3.05) is 0 Å². The first-order valence-corrected chi connectivity index (χ1v) is 6.27. The summed E-state index contributed by atoms with van der Waals surface area (Å²) in [6.45, 7) is 3.73. The third-order valence-corrected chi connectivity index (χ3v) is 2.88. The molecule has 1 heterocycles. The maximum absolute atomic E-state index is 13.6. The lowest BCUT2D eigenvalue weighted by molar-refractivity contribution is 0.427. The van der Waals surface area contributed by atoms with Gasteiger partial charge in [0.25, 0.3) is 5.88 Å². The molecule has 0 spiro atoms. The third kappa shape index (κ3) is 2.70. The molecule has 5 nitrogen and oxygen atoms in total. The summed E-state index contributed by atoms with van der Waals surface area (Å²) >= 11 is 0. The molecule has 20 heavy (non-hydrogen) atoms. The second-order valence-corrected chi connectivity index (χ2v) is 4.56. The molecule has 2 rings (SSSR count). The number of halogens is 1. The number of rotatable bonds is 4. The Bertz CT molecular complexity index is 668. The third-order valence-electron chi connectivity index (χ3n) is 2.88. The molecule has 0 aliphatic heterocycles. The summed E-state index contributed by atoms with van der Waals surface area (Å²) in [5.41, 5.74) is 5.35. The molecule has 0 aliphatic carbocycles. The van der Waals surface area contributed by atoms with Crippen LogP contribution in [0.1, 0.15) is 25.5 Å². The normalized spacial score (nSPS) is 10.8. The standard InChI is InChI=1S/C14H16FN3O2/c1-9(2)18-7-6-17-13(14(18)19)20-12-5-3-4-11(15)10(12)8-16/h3-7,9H,8,16H2,1-2H3. The van der Waals surface area contributed by atoms with Crippen molar-refractivity contribution in [1.29, 1.82) is 0 Å². The van der Waals surface area contributed by atoms with Gasteiger partial charge in [-0.15, -0.1) is 0 Å². The Morgan fingerprint density at radius 1 is 1.45 bits per heavy atom. The molecule has 2 aromatic rings. The van der Waals surface area contributed by atoms with Crippen molar-refractivity contribution in [2.24, 2.45) is 5.73 Å². The smallest absolute Gasteiger partial charge is 0.313 e. The van der Waals surface area contributed by atoms with E-state index in [4.69, 9.17) is 10.5 Å². The van der Waals surface area contributed by atoms with Crippen LogP contribution in [0.15, 0.2) is 35.4 Å². The van der Waals surface area contributed by atoms with Gasteiger partial charge in [-0.1, -0.05) is 6.07 Å². The van der Waals surface area contributed by atoms with Crippen LogP contribution >= 0.6 is 0 Å². The highest BCUT2D eigenvalue weighted by Gasteiger charge is 2.13. The molecule has 0 aliphatic rings. The number of nitrogens with two attached hydrogens (primary N) is 1. The Hall–Kier alpha value is -2.21. The van der Waals surface area contributed by atoms with Crippen LogP contribution < -0.4 is 16.0 Å². The van der Waals surface area contributed by atoms with Crippen LogP contribution in [0.25, 0.3) is 0 Å². The van der Waals surface area contributed by atoms with Gasteiger partial charge in [0.05, 0.1) is 0 Å². The van der Waals surface area contributed by atoms with E-state index in [0.717, 1.165) is 0 Å². The summed E-state index contributed by atoms with van der Waals surface area (Å²) in [7, 11) is 0. The number of hydrogen-bond donors (Lipinski definition) is 1. The van der Waals surface area contributed by atoms with Crippen LogP contribution in [0.2, 0.25) is 0 Å². The van der Waals surface area contributed by atoms with E-state index in [0.29, 0.717) is 0 Å². The molecular weight excluding hydrogens is 261 g/mol. The summed E-state index contributed by atoms with van der Waals surface area (Å²) in [5, 5.41) is 0. The number of aromatic nitrogens is 2. The number of ether oxygens (including phenoxy) is 1. The molecule has 106 valence electrons. The first-order valence-electron chi connectivity index (χ1n) is 6.27. The van der Waals surface area contributed by atoms with Crippen LogP contribution in [-0.4, -0.2) is 9.55 Å². The average Bonchev–Trinajstić information content (AvgIpc) is 2.41. The maximum Gasteiger partial charge on any atom is 0.313 e. The van der Waals surface area contributed by atoms with Crippen LogP contribution in [-0.2, 0) is 6.54 Å². The van der Waals surface area contributed by atoms with Crippen molar-refractivity contribution < 1.29 is 9.13 Å². The van der Waals surface area contributed by atoms with Crippen molar-refractivity contribution in [1.82, 2.24) is 9.55 Å². The van der Waals surface area contributed by atoms with Crippen molar-refractivity contribution in [3.63, 3.8) is 0 Å². The summed E-state index contributed by atoms with van der Waals surface area (Å²) in [6.07, 6.45) is 3.05. The first-order chi connectivity index (χ1) is 9.54. The van der Waals surface area contributed by atoms with Gasteiger partial charge in [-0.2, -0.15) is 0 Å². The van der Waals surface area contributed by atoms with E-state index in [-0.39, 0.29) is 35.3 Å². The van der Waals surface area contributed by atoms with Gasteiger partial charge in [0, 0.05) is 30.5 Å². The Morgan fingerprint density at radius 3 is 2.85 bits per heavy atom. The van der Waals surface area contributed by atoms with Crippen molar-refractivity contribution in [2.45, 2.75) is 26.4 Å². The second-order valence-electron chi connectivity index (χ2n) is 4.56. The van der Waals surface area contributed by atoms with Gasteiger partial charge in [0.2, 0.25) is 0 Å². The summed E-state index contributed by atoms with van der Waals surface area (Å²) < 4.78 is 20.5. The highest BCUT2D eigenvalue weighted by atomic mass is 19.1. The predicted molar refractivity (Wildman–Crippen MR) is 73.2 cm³/mol. The molecule has 1 aromatic carbocycles. The average molecular weight is 277 g/mol. The van der Waals surface area contributed by atoms with Crippen molar-refractivity contribution in [3.8, 4) is 11.6 Å². The molecule has 0 saturated heterocycles. The summed E-state index contributed by atoms with van der Waals surface area (Å²) in [5.74, 6) is -0.356. The van der Waals surface area contributed by atoms with Crippen molar-refractivity contribution >= 4 is 0 Å². The van der Waals surface area contributed by atoms with E-state index in [1.165, 1.54) is 22.9 Å². The summed E-state index contributed by atoms with van der Waals surface area (Å²) in [6, 6.07) is 4.32. The molecule has 1 aromatic heterocycles. The number of benzene rings is 1. The molecule has 0 bridgehead atoms. The lowest BCUT2D eigenvalue weighted by atomic mass is 10.2. The minimum absolute atomic E-state index is 0.0191. The highest BCUT2D eigenvalue weighted by Crippen LogP contribution is 2.24. The highest BCUT2D eigenvalue weighted by molar-refractivity contribution is 5.36. The zero-order chi connectivity index (χ0) is 14.7. The predicted octanol–water partition coefficient (Wildman–Crippen LogP) is 2.21. The molecule has 6 heteroatoms. The largest absolute Gasteiger partial charge is 0.434 e. The SMILES string of the molecule is CC(C)n1ccnc(Oc2cccc(F)c2CN)c1=O. The molecule has 0 unspecified atom stereocenters. The fourth-order valence-electron chi connectivity index (χ4n) is 1.82. The maximum atomic E-state index is 13.6. The van der Waals surface area contributed by atoms with Gasteiger partial charge in [-0.05, 0) is 26.0 Å².